The van der Waals surface area contributed by atoms with E-state index in [0.717, 1.165) is 29.4 Å². The summed E-state index contributed by atoms with van der Waals surface area (Å²) in [5.41, 5.74) is 7.00. The summed E-state index contributed by atoms with van der Waals surface area (Å²) in [7, 11) is 0. The van der Waals surface area contributed by atoms with Gasteiger partial charge in [-0.15, -0.1) is 0 Å². The first kappa shape index (κ1) is 14.9. The summed E-state index contributed by atoms with van der Waals surface area (Å²) in [6, 6.07) is 6.09. The fraction of sp³-hybridized carbons (Fsp3) is 0.600. The Morgan fingerprint density at radius 2 is 2.14 bits per heavy atom. The van der Waals surface area contributed by atoms with Crippen molar-refractivity contribution in [1.29, 1.82) is 0 Å². The van der Waals surface area contributed by atoms with Gasteiger partial charge in [0, 0.05) is 28.2 Å². The van der Waals surface area contributed by atoms with E-state index in [2.05, 4.69) is 20.8 Å². The highest BCUT2D eigenvalue weighted by atomic mass is 79.9. The van der Waals surface area contributed by atoms with Gasteiger partial charge < -0.3 is 5.73 Å². The zero-order chi connectivity index (χ0) is 15.0. The van der Waals surface area contributed by atoms with Crippen molar-refractivity contribution in [2.75, 3.05) is 13.1 Å². The minimum Gasteiger partial charge on any atom is -0.330 e. The van der Waals surface area contributed by atoms with Crippen LogP contribution in [-0.2, 0) is 0 Å². The molecule has 21 heavy (non-hydrogen) atoms. The second-order valence-electron chi connectivity index (χ2n) is 6.01. The smallest absolute Gasteiger partial charge is 0.275 e. The molecule has 0 aromatic heterocycles. The average Bonchev–Trinajstić information content (AvgIpc) is 3.31. The molecule has 3 rings (SSSR count). The van der Waals surface area contributed by atoms with Crippen LogP contribution in [0.2, 0.25) is 0 Å². The topological polar surface area (TPSA) is 72.4 Å². The summed E-state index contributed by atoms with van der Waals surface area (Å²) in [5, 5.41) is 11.4. The van der Waals surface area contributed by atoms with Crippen LogP contribution in [0.25, 0.3) is 0 Å². The number of benzene rings is 1. The summed E-state index contributed by atoms with van der Waals surface area (Å²) >= 11 is 3.33. The van der Waals surface area contributed by atoms with Gasteiger partial charge in [-0.25, -0.2) is 0 Å². The first-order valence-corrected chi connectivity index (χ1v) is 8.30. The summed E-state index contributed by atoms with van der Waals surface area (Å²) < 4.78 is 0.746. The third-order valence-electron chi connectivity index (χ3n) is 4.62. The highest BCUT2D eigenvalue weighted by Gasteiger charge is 2.42. The maximum atomic E-state index is 11.4. The van der Waals surface area contributed by atoms with Crippen molar-refractivity contribution in [2.45, 2.75) is 37.8 Å². The Kier molecular flexibility index (Phi) is 4.28. The first-order valence-electron chi connectivity index (χ1n) is 7.51. The fourth-order valence-electron chi connectivity index (χ4n) is 3.52. The Balaban J connectivity index is 2.03. The lowest BCUT2D eigenvalue weighted by Crippen LogP contribution is -2.43. The van der Waals surface area contributed by atoms with Gasteiger partial charge in [0.05, 0.1) is 4.92 Å². The van der Waals surface area contributed by atoms with Crippen molar-refractivity contribution in [3.63, 3.8) is 0 Å². The third-order valence-corrected chi connectivity index (χ3v) is 5.11. The van der Waals surface area contributed by atoms with Gasteiger partial charge in [-0.05, 0) is 56.8 Å². The van der Waals surface area contributed by atoms with Gasteiger partial charge in [0.15, 0.2) is 0 Å². The average molecular weight is 354 g/mol. The first-order chi connectivity index (χ1) is 10.1. The minimum absolute atomic E-state index is 0.0877. The summed E-state index contributed by atoms with van der Waals surface area (Å²) in [6.07, 6.45) is 4.60. The van der Waals surface area contributed by atoms with Gasteiger partial charge in [-0.2, -0.15) is 0 Å². The molecule has 0 amide bonds. The third kappa shape index (κ3) is 2.98. The van der Waals surface area contributed by atoms with E-state index in [9.17, 15) is 10.1 Å². The fourth-order valence-corrected chi connectivity index (χ4v) is 3.87. The molecule has 0 radical (unpaired) electrons. The van der Waals surface area contributed by atoms with Gasteiger partial charge >= 0.3 is 0 Å². The highest BCUT2D eigenvalue weighted by molar-refractivity contribution is 9.10. The number of likely N-dealkylation sites (tertiary alicyclic amines) is 1. The van der Waals surface area contributed by atoms with Crippen LogP contribution in [0.1, 0.15) is 37.3 Å². The van der Waals surface area contributed by atoms with Gasteiger partial charge in [-0.3, -0.25) is 15.0 Å². The standard InChI is InChI=1S/C15H20BrN3O2/c16-11-3-6-13(14(8-11)19(20)21)15-10(9-17)2-1-7-18(15)12-4-5-12/h3,6,8,10,12,15H,1-2,4-5,7,9,17H2. The van der Waals surface area contributed by atoms with Crippen LogP contribution < -0.4 is 5.73 Å². The van der Waals surface area contributed by atoms with Crippen LogP contribution in [0.15, 0.2) is 22.7 Å². The second-order valence-corrected chi connectivity index (χ2v) is 6.93. The number of rotatable bonds is 4. The number of nitro groups is 1. The zero-order valence-electron chi connectivity index (χ0n) is 11.9. The lowest BCUT2D eigenvalue weighted by atomic mass is 9.84. The molecule has 0 spiro atoms. The Morgan fingerprint density at radius 1 is 1.38 bits per heavy atom. The Bertz CT molecular complexity index is 548. The summed E-state index contributed by atoms with van der Waals surface area (Å²) in [4.78, 5) is 13.6. The molecule has 2 fully saturated rings. The molecule has 2 unspecified atom stereocenters. The maximum Gasteiger partial charge on any atom is 0.275 e. The SMILES string of the molecule is NCC1CCCN(C2CC2)C1c1ccc(Br)cc1[N+](=O)[O-]. The molecule has 1 saturated heterocycles. The van der Waals surface area contributed by atoms with Crippen LogP contribution in [0.5, 0.6) is 0 Å². The van der Waals surface area contributed by atoms with E-state index >= 15 is 0 Å². The van der Waals surface area contributed by atoms with Crippen LogP contribution in [-0.4, -0.2) is 29.0 Å². The van der Waals surface area contributed by atoms with E-state index in [4.69, 9.17) is 5.73 Å². The van der Waals surface area contributed by atoms with E-state index in [1.165, 1.54) is 12.8 Å². The van der Waals surface area contributed by atoms with Gasteiger partial charge in [-0.1, -0.05) is 15.9 Å². The Labute approximate surface area is 132 Å². The summed E-state index contributed by atoms with van der Waals surface area (Å²) in [5.74, 6) is 0.305. The molecule has 1 saturated carbocycles. The quantitative estimate of drug-likeness (QED) is 0.666. The van der Waals surface area contributed by atoms with Crippen molar-refractivity contribution in [1.82, 2.24) is 4.90 Å². The van der Waals surface area contributed by atoms with E-state index in [-0.39, 0.29) is 16.7 Å². The molecule has 1 aromatic carbocycles. The van der Waals surface area contributed by atoms with Gasteiger partial charge in [0.25, 0.3) is 5.69 Å². The monoisotopic (exact) mass is 353 g/mol. The molecule has 5 nitrogen and oxygen atoms in total. The summed E-state index contributed by atoms with van der Waals surface area (Å²) in [6.45, 7) is 1.61. The molecule has 114 valence electrons. The molecule has 1 aliphatic carbocycles. The lowest BCUT2D eigenvalue weighted by Gasteiger charge is -2.41. The molecular formula is C15H20BrN3O2. The number of hydrogen-bond acceptors (Lipinski definition) is 4. The van der Waals surface area contributed by atoms with E-state index in [0.29, 0.717) is 18.5 Å². The number of nitrogens with two attached hydrogens (primary N) is 1. The molecule has 2 N–H and O–H groups in total. The van der Waals surface area contributed by atoms with Crippen molar-refractivity contribution in [3.8, 4) is 0 Å². The zero-order valence-corrected chi connectivity index (χ0v) is 13.5. The molecule has 2 aliphatic rings. The van der Waals surface area contributed by atoms with Crippen molar-refractivity contribution < 1.29 is 4.92 Å². The normalized spacial score (nSPS) is 26.8. The van der Waals surface area contributed by atoms with Crippen LogP contribution in [0.4, 0.5) is 5.69 Å². The lowest BCUT2D eigenvalue weighted by molar-refractivity contribution is -0.386. The Hall–Kier alpha value is -0.980. The second kappa shape index (κ2) is 6.02. The molecular weight excluding hydrogens is 334 g/mol. The predicted octanol–water partition coefficient (Wildman–Crippen LogP) is 3.23. The maximum absolute atomic E-state index is 11.4. The van der Waals surface area contributed by atoms with E-state index in [1.54, 1.807) is 6.07 Å². The van der Waals surface area contributed by atoms with Crippen molar-refractivity contribution in [2.24, 2.45) is 11.7 Å². The Morgan fingerprint density at radius 3 is 2.76 bits per heavy atom. The minimum atomic E-state index is -0.270. The molecule has 0 bridgehead atoms. The predicted molar refractivity (Wildman–Crippen MR) is 85.0 cm³/mol. The largest absolute Gasteiger partial charge is 0.330 e. The number of nitrogens with zero attached hydrogens (tertiary/aromatic N) is 2. The van der Waals surface area contributed by atoms with E-state index in [1.807, 2.05) is 12.1 Å². The van der Waals surface area contributed by atoms with Crippen molar-refractivity contribution >= 4 is 21.6 Å². The number of halogens is 1. The van der Waals surface area contributed by atoms with Crippen LogP contribution >= 0.6 is 15.9 Å². The number of nitro benzene ring substituents is 1. The number of hydrogen-bond donors (Lipinski definition) is 1. The molecule has 1 heterocycles. The molecule has 6 heteroatoms. The van der Waals surface area contributed by atoms with E-state index < -0.39 is 0 Å². The van der Waals surface area contributed by atoms with Crippen molar-refractivity contribution in [3.05, 3.63) is 38.3 Å². The molecule has 2 atom stereocenters. The van der Waals surface area contributed by atoms with Gasteiger partial charge in [0.2, 0.25) is 0 Å². The van der Waals surface area contributed by atoms with Crippen LogP contribution in [0.3, 0.4) is 0 Å². The molecule has 1 aliphatic heterocycles. The van der Waals surface area contributed by atoms with Crippen LogP contribution in [0, 0.1) is 16.0 Å². The van der Waals surface area contributed by atoms with Gasteiger partial charge in [0.1, 0.15) is 0 Å². The highest BCUT2D eigenvalue weighted by Crippen LogP contribution is 2.45. The molecule has 1 aromatic rings. The number of piperidine rings is 1.